The summed E-state index contributed by atoms with van der Waals surface area (Å²) in [6.07, 6.45) is 5.09. The van der Waals surface area contributed by atoms with E-state index in [1.54, 1.807) is 0 Å². The lowest BCUT2D eigenvalue weighted by molar-refractivity contribution is -0.121. The Kier molecular flexibility index (Phi) is 3.10. The summed E-state index contributed by atoms with van der Waals surface area (Å²) in [6, 6.07) is 7.73. The summed E-state index contributed by atoms with van der Waals surface area (Å²) in [5.41, 5.74) is 1.86. The highest BCUT2D eigenvalue weighted by Crippen LogP contribution is 2.14. The van der Waals surface area contributed by atoms with Gasteiger partial charge in [-0.3, -0.25) is 4.79 Å². The number of rotatable bonds is 3. The molecule has 1 heterocycles. The first kappa shape index (κ1) is 11.2. The molecule has 0 atom stereocenters. The number of aryl methyl sites for hydroxylation is 1. The van der Waals surface area contributed by atoms with Crippen molar-refractivity contribution in [2.24, 2.45) is 0 Å². The van der Waals surface area contributed by atoms with Crippen LogP contribution in [0.25, 0.3) is 11.0 Å². The molecule has 0 fully saturated rings. The number of aromatic nitrogens is 2. The van der Waals surface area contributed by atoms with Crippen LogP contribution in [0, 0.1) is 19.3 Å². The van der Waals surface area contributed by atoms with Crippen LogP contribution < -0.4 is 5.32 Å². The molecule has 1 amide bonds. The van der Waals surface area contributed by atoms with E-state index in [-0.39, 0.29) is 19.0 Å². The Morgan fingerprint density at radius 3 is 3.06 bits per heavy atom. The van der Waals surface area contributed by atoms with E-state index in [2.05, 4.69) is 16.2 Å². The second-order valence-electron chi connectivity index (χ2n) is 3.71. The van der Waals surface area contributed by atoms with Crippen LogP contribution in [0.3, 0.4) is 0 Å². The molecule has 86 valence electrons. The Morgan fingerprint density at radius 2 is 2.29 bits per heavy atom. The van der Waals surface area contributed by atoms with Gasteiger partial charge in [0.25, 0.3) is 0 Å². The summed E-state index contributed by atoms with van der Waals surface area (Å²) in [5.74, 6) is 3.09. The molecule has 0 unspecified atom stereocenters. The molecule has 1 N–H and O–H groups in total. The van der Waals surface area contributed by atoms with Gasteiger partial charge in [0.2, 0.25) is 5.91 Å². The lowest BCUT2D eigenvalue weighted by Crippen LogP contribution is -2.28. The number of hydrogen-bond acceptors (Lipinski definition) is 2. The van der Waals surface area contributed by atoms with Crippen molar-refractivity contribution in [2.75, 3.05) is 6.54 Å². The highest BCUT2D eigenvalue weighted by Gasteiger charge is 2.09. The maximum Gasteiger partial charge on any atom is 0.240 e. The average Bonchev–Trinajstić information content (AvgIpc) is 2.64. The maximum atomic E-state index is 11.6. The fourth-order valence-corrected chi connectivity index (χ4v) is 1.74. The molecule has 0 saturated carbocycles. The van der Waals surface area contributed by atoms with Crippen molar-refractivity contribution in [3.05, 3.63) is 30.1 Å². The monoisotopic (exact) mass is 227 g/mol. The van der Waals surface area contributed by atoms with Crippen molar-refractivity contribution in [1.82, 2.24) is 14.9 Å². The number of carbonyl (C=O) groups is 1. The molecule has 4 heteroatoms. The number of benzene rings is 1. The normalized spacial score (nSPS) is 10.1. The summed E-state index contributed by atoms with van der Waals surface area (Å²) >= 11 is 0. The van der Waals surface area contributed by atoms with E-state index >= 15 is 0 Å². The van der Waals surface area contributed by atoms with Gasteiger partial charge in [-0.05, 0) is 19.1 Å². The number of nitrogens with zero attached hydrogens (tertiary/aromatic N) is 2. The summed E-state index contributed by atoms with van der Waals surface area (Å²) in [4.78, 5) is 16.0. The van der Waals surface area contributed by atoms with E-state index in [1.165, 1.54) is 0 Å². The first-order valence-corrected chi connectivity index (χ1v) is 5.34. The minimum atomic E-state index is -0.103. The topological polar surface area (TPSA) is 46.9 Å². The number of imidazole rings is 1. The number of amides is 1. The van der Waals surface area contributed by atoms with Crippen molar-refractivity contribution in [3.8, 4) is 12.3 Å². The Balaban J connectivity index is 2.27. The molecule has 0 spiro atoms. The zero-order valence-electron chi connectivity index (χ0n) is 9.60. The zero-order chi connectivity index (χ0) is 12.3. The molecule has 1 aromatic carbocycles. The Labute approximate surface area is 99.7 Å². The Bertz CT molecular complexity index is 592. The van der Waals surface area contributed by atoms with Gasteiger partial charge in [-0.25, -0.2) is 4.98 Å². The quantitative estimate of drug-likeness (QED) is 0.798. The van der Waals surface area contributed by atoms with Crippen molar-refractivity contribution in [3.63, 3.8) is 0 Å². The molecule has 2 rings (SSSR count). The van der Waals surface area contributed by atoms with Gasteiger partial charge in [0, 0.05) is 0 Å². The van der Waals surface area contributed by atoms with Crippen LogP contribution in [0.15, 0.2) is 24.3 Å². The van der Waals surface area contributed by atoms with Gasteiger partial charge in [0.05, 0.1) is 17.6 Å². The number of hydrogen-bond donors (Lipinski definition) is 1. The summed E-state index contributed by atoms with van der Waals surface area (Å²) in [7, 11) is 0. The molecule has 0 radical (unpaired) electrons. The lowest BCUT2D eigenvalue weighted by Gasteiger charge is -2.06. The predicted molar refractivity (Wildman–Crippen MR) is 66.3 cm³/mol. The number of fused-ring (bicyclic) bond motifs is 1. The smallest absolute Gasteiger partial charge is 0.240 e. The minimum absolute atomic E-state index is 0.103. The van der Waals surface area contributed by atoms with Gasteiger partial charge in [-0.1, -0.05) is 18.1 Å². The van der Waals surface area contributed by atoms with Crippen LogP contribution >= 0.6 is 0 Å². The molecule has 0 aliphatic carbocycles. The van der Waals surface area contributed by atoms with E-state index in [1.807, 2.05) is 35.8 Å². The largest absolute Gasteiger partial charge is 0.344 e. The van der Waals surface area contributed by atoms with Gasteiger partial charge < -0.3 is 9.88 Å². The summed E-state index contributed by atoms with van der Waals surface area (Å²) in [5, 5.41) is 2.64. The number of terminal acetylenes is 1. The SMILES string of the molecule is C#CCNC(=O)Cn1c(C)nc2ccccc21. The van der Waals surface area contributed by atoms with Crippen molar-refractivity contribution in [2.45, 2.75) is 13.5 Å². The van der Waals surface area contributed by atoms with Crippen LogP contribution in [-0.4, -0.2) is 22.0 Å². The number of para-hydroxylation sites is 2. The van der Waals surface area contributed by atoms with Crippen LogP contribution in [-0.2, 0) is 11.3 Å². The van der Waals surface area contributed by atoms with Gasteiger partial charge in [0.1, 0.15) is 12.4 Å². The van der Waals surface area contributed by atoms with Gasteiger partial charge in [-0.15, -0.1) is 6.42 Å². The molecule has 0 saturated heterocycles. The van der Waals surface area contributed by atoms with Crippen molar-refractivity contribution >= 4 is 16.9 Å². The molecule has 0 aliphatic heterocycles. The Morgan fingerprint density at radius 1 is 1.53 bits per heavy atom. The van der Waals surface area contributed by atoms with E-state index in [0.29, 0.717) is 0 Å². The molecular weight excluding hydrogens is 214 g/mol. The van der Waals surface area contributed by atoms with Crippen LogP contribution in [0.5, 0.6) is 0 Å². The van der Waals surface area contributed by atoms with E-state index < -0.39 is 0 Å². The highest BCUT2D eigenvalue weighted by atomic mass is 16.1. The third-order valence-corrected chi connectivity index (χ3v) is 2.53. The third kappa shape index (κ3) is 2.28. The molecule has 17 heavy (non-hydrogen) atoms. The second-order valence-corrected chi connectivity index (χ2v) is 3.71. The van der Waals surface area contributed by atoms with E-state index in [9.17, 15) is 4.79 Å². The third-order valence-electron chi connectivity index (χ3n) is 2.53. The molecular formula is C13H13N3O. The van der Waals surface area contributed by atoms with Crippen LogP contribution in [0.1, 0.15) is 5.82 Å². The Hall–Kier alpha value is -2.28. The predicted octanol–water partition coefficient (Wildman–Crippen LogP) is 1.09. The second kappa shape index (κ2) is 4.71. The maximum absolute atomic E-state index is 11.6. The molecule has 4 nitrogen and oxygen atoms in total. The van der Waals surface area contributed by atoms with E-state index in [0.717, 1.165) is 16.9 Å². The van der Waals surface area contributed by atoms with Crippen molar-refractivity contribution < 1.29 is 4.79 Å². The first-order chi connectivity index (χ1) is 8.22. The molecule has 0 aliphatic rings. The lowest BCUT2D eigenvalue weighted by atomic mass is 10.3. The van der Waals surface area contributed by atoms with Crippen LogP contribution in [0.4, 0.5) is 0 Å². The first-order valence-electron chi connectivity index (χ1n) is 5.34. The molecule has 2 aromatic rings. The fraction of sp³-hybridized carbons (Fsp3) is 0.231. The van der Waals surface area contributed by atoms with E-state index in [4.69, 9.17) is 6.42 Å². The fourth-order valence-electron chi connectivity index (χ4n) is 1.74. The van der Waals surface area contributed by atoms with Crippen LogP contribution in [0.2, 0.25) is 0 Å². The highest BCUT2D eigenvalue weighted by molar-refractivity contribution is 5.81. The summed E-state index contributed by atoms with van der Waals surface area (Å²) in [6.45, 7) is 2.38. The zero-order valence-corrected chi connectivity index (χ0v) is 9.60. The number of nitrogens with one attached hydrogen (secondary N) is 1. The van der Waals surface area contributed by atoms with Gasteiger partial charge in [-0.2, -0.15) is 0 Å². The molecule has 1 aromatic heterocycles. The summed E-state index contributed by atoms with van der Waals surface area (Å²) < 4.78 is 1.88. The van der Waals surface area contributed by atoms with Gasteiger partial charge >= 0.3 is 0 Å². The average molecular weight is 227 g/mol. The minimum Gasteiger partial charge on any atom is -0.344 e. The number of carbonyl (C=O) groups excluding carboxylic acids is 1. The molecule has 0 bridgehead atoms. The van der Waals surface area contributed by atoms with Crippen molar-refractivity contribution in [1.29, 1.82) is 0 Å². The van der Waals surface area contributed by atoms with Gasteiger partial charge in [0.15, 0.2) is 0 Å². The standard InChI is InChI=1S/C13H13N3O/c1-3-8-14-13(17)9-16-10(2)15-11-6-4-5-7-12(11)16/h1,4-7H,8-9H2,2H3,(H,14,17).